The number of hydrogen-bond acceptors (Lipinski definition) is 3. The number of pyridine rings is 1. The van der Waals surface area contributed by atoms with Gasteiger partial charge in [0.05, 0.1) is 11.6 Å². The van der Waals surface area contributed by atoms with Crippen LogP contribution in [0.4, 0.5) is 0 Å². The number of esters is 1. The van der Waals surface area contributed by atoms with Crippen LogP contribution in [0.2, 0.25) is 0 Å². The zero-order valence-electron chi connectivity index (χ0n) is 13.4. The number of rotatable bonds is 4. The van der Waals surface area contributed by atoms with Crippen molar-refractivity contribution in [2.75, 3.05) is 0 Å². The van der Waals surface area contributed by atoms with Gasteiger partial charge in [0.15, 0.2) is 6.20 Å². The van der Waals surface area contributed by atoms with E-state index in [4.69, 9.17) is 9.15 Å². The molecule has 4 nitrogen and oxygen atoms in total. The van der Waals surface area contributed by atoms with Gasteiger partial charge in [0.25, 0.3) is 0 Å². The van der Waals surface area contributed by atoms with Crippen LogP contribution in [-0.4, -0.2) is 5.97 Å². The summed E-state index contributed by atoms with van der Waals surface area (Å²) in [5.41, 5.74) is 1.71. The number of nitrogens with one attached hydrogen (secondary N) is 1. The molecule has 25 heavy (non-hydrogen) atoms. The lowest BCUT2D eigenvalue weighted by Gasteiger charge is -2.15. The number of carbonyl (C=O) groups excluding carboxylic acids is 1. The van der Waals surface area contributed by atoms with Crippen LogP contribution in [0.5, 0.6) is 0 Å². The van der Waals surface area contributed by atoms with E-state index in [1.807, 2.05) is 66.9 Å². The van der Waals surface area contributed by atoms with Gasteiger partial charge < -0.3 is 9.15 Å². The summed E-state index contributed by atoms with van der Waals surface area (Å²) in [4.78, 5) is 15.7. The number of aromatic amines is 1. The number of H-pyrrole nitrogens is 1. The first-order valence-electron chi connectivity index (χ1n) is 8.02. The molecule has 0 radical (unpaired) electrons. The highest BCUT2D eigenvalue weighted by Crippen LogP contribution is 2.29. The molecule has 0 saturated carbocycles. The van der Waals surface area contributed by atoms with Crippen LogP contribution in [0.1, 0.15) is 27.9 Å². The zero-order valence-corrected chi connectivity index (χ0v) is 13.4. The van der Waals surface area contributed by atoms with Crippen molar-refractivity contribution in [1.82, 2.24) is 0 Å². The van der Waals surface area contributed by atoms with E-state index in [9.17, 15) is 4.79 Å². The van der Waals surface area contributed by atoms with E-state index < -0.39 is 12.1 Å². The molecule has 2 heterocycles. The molecule has 1 N–H and O–H groups in total. The van der Waals surface area contributed by atoms with Crippen LogP contribution in [0.3, 0.4) is 0 Å². The summed E-state index contributed by atoms with van der Waals surface area (Å²) < 4.78 is 11.0. The van der Waals surface area contributed by atoms with Crippen molar-refractivity contribution >= 4 is 16.7 Å². The van der Waals surface area contributed by atoms with Gasteiger partial charge in [-0.05, 0) is 23.6 Å². The van der Waals surface area contributed by atoms with E-state index in [2.05, 4.69) is 4.98 Å². The van der Waals surface area contributed by atoms with Crippen molar-refractivity contribution in [1.29, 1.82) is 0 Å². The second kappa shape index (κ2) is 6.61. The maximum atomic E-state index is 12.5. The van der Waals surface area contributed by atoms with Crippen LogP contribution in [0.15, 0.2) is 89.7 Å². The third kappa shape index (κ3) is 3.02. The van der Waals surface area contributed by atoms with E-state index >= 15 is 0 Å². The Kier molecular flexibility index (Phi) is 4.01. The van der Waals surface area contributed by atoms with Crippen molar-refractivity contribution in [3.63, 3.8) is 0 Å². The third-order valence-electron chi connectivity index (χ3n) is 4.06. The number of hydrogen-bond donors (Lipinski definition) is 0. The van der Waals surface area contributed by atoms with Gasteiger partial charge in [0.1, 0.15) is 0 Å². The van der Waals surface area contributed by atoms with Crippen molar-refractivity contribution in [2.45, 2.75) is 6.10 Å². The smallest absolute Gasteiger partial charge is 0.375 e. The first-order valence-corrected chi connectivity index (χ1v) is 8.02. The minimum atomic E-state index is -0.565. The highest BCUT2D eigenvalue weighted by atomic mass is 16.6. The van der Waals surface area contributed by atoms with Gasteiger partial charge in [-0.3, -0.25) is 0 Å². The second-order valence-corrected chi connectivity index (χ2v) is 5.65. The van der Waals surface area contributed by atoms with Gasteiger partial charge in [0, 0.05) is 11.6 Å². The lowest BCUT2D eigenvalue weighted by Crippen LogP contribution is -2.21. The molecule has 0 spiro atoms. The van der Waals surface area contributed by atoms with Crippen molar-refractivity contribution < 1.29 is 18.9 Å². The minimum Gasteiger partial charge on any atom is -0.457 e. The molecular formula is C21H16NO3+. The number of ether oxygens (including phenoxy) is 1. The molecule has 1 unspecified atom stereocenters. The summed E-state index contributed by atoms with van der Waals surface area (Å²) in [5, 5.41) is 2.08. The van der Waals surface area contributed by atoms with Crippen LogP contribution >= 0.6 is 0 Å². The molecule has 0 saturated heterocycles. The Morgan fingerprint density at radius 3 is 2.52 bits per heavy atom. The van der Waals surface area contributed by atoms with E-state index in [0.29, 0.717) is 0 Å². The molecule has 1 atom stereocenters. The zero-order chi connectivity index (χ0) is 17.1. The SMILES string of the molecule is O=C(OC(c1ccccc1)c1[nH+]ccc2ccccc12)c1ccco1. The highest BCUT2D eigenvalue weighted by molar-refractivity contribution is 5.87. The number of furan rings is 1. The fourth-order valence-electron chi connectivity index (χ4n) is 2.88. The molecule has 4 heteroatoms. The first kappa shape index (κ1) is 15.1. The fraction of sp³-hybridized carbons (Fsp3) is 0.0476. The molecule has 2 aromatic heterocycles. The summed E-state index contributed by atoms with van der Waals surface area (Å²) in [6.07, 6.45) is 2.75. The molecule has 2 aromatic carbocycles. The fourth-order valence-corrected chi connectivity index (χ4v) is 2.88. The minimum absolute atomic E-state index is 0.182. The van der Waals surface area contributed by atoms with E-state index in [1.165, 1.54) is 6.26 Å². The number of fused-ring (bicyclic) bond motifs is 1. The molecule has 4 rings (SSSR count). The van der Waals surface area contributed by atoms with Crippen LogP contribution in [0.25, 0.3) is 10.8 Å². The highest BCUT2D eigenvalue weighted by Gasteiger charge is 2.28. The van der Waals surface area contributed by atoms with Crippen LogP contribution < -0.4 is 4.98 Å². The summed E-state index contributed by atoms with van der Waals surface area (Å²) in [7, 11) is 0. The molecule has 0 aliphatic heterocycles. The van der Waals surface area contributed by atoms with E-state index in [0.717, 1.165) is 22.0 Å². The topological polar surface area (TPSA) is 53.6 Å². The van der Waals surface area contributed by atoms with Crippen molar-refractivity contribution in [3.05, 3.63) is 102 Å². The molecule has 0 aliphatic carbocycles. The van der Waals surface area contributed by atoms with Crippen LogP contribution in [0, 0.1) is 0 Å². The summed E-state index contributed by atoms with van der Waals surface area (Å²) in [6.45, 7) is 0. The Hall–Kier alpha value is -3.40. The molecule has 122 valence electrons. The second-order valence-electron chi connectivity index (χ2n) is 5.65. The number of carbonyl (C=O) groups is 1. The molecule has 0 amide bonds. The lowest BCUT2D eigenvalue weighted by atomic mass is 10.0. The standard InChI is InChI=1S/C21H15NO3/c23-21(18-11-6-14-24-18)25-20(16-8-2-1-3-9-16)19-17-10-5-4-7-15(17)12-13-22-19/h1-14,20H/p+1. The Balaban J connectivity index is 1.81. The van der Waals surface area contributed by atoms with Crippen LogP contribution in [-0.2, 0) is 4.74 Å². The van der Waals surface area contributed by atoms with Gasteiger partial charge in [0.2, 0.25) is 17.6 Å². The predicted molar refractivity (Wildman–Crippen MR) is 92.9 cm³/mol. The Labute approximate surface area is 144 Å². The Morgan fingerprint density at radius 2 is 1.72 bits per heavy atom. The maximum Gasteiger partial charge on any atom is 0.375 e. The van der Waals surface area contributed by atoms with Crippen molar-refractivity contribution in [2.24, 2.45) is 0 Å². The molecule has 0 bridgehead atoms. The maximum absolute atomic E-state index is 12.5. The van der Waals surface area contributed by atoms with Gasteiger partial charge >= 0.3 is 5.97 Å². The van der Waals surface area contributed by atoms with Gasteiger partial charge in [-0.2, -0.15) is 0 Å². The monoisotopic (exact) mass is 330 g/mol. The molecule has 0 fully saturated rings. The largest absolute Gasteiger partial charge is 0.457 e. The quantitative estimate of drug-likeness (QED) is 0.527. The van der Waals surface area contributed by atoms with Gasteiger partial charge in [-0.25, -0.2) is 9.78 Å². The average Bonchev–Trinajstić information content (AvgIpc) is 3.21. The lowest BCUT2D eigenvalue weighted by molar-refractivity contribution is -0.395. The summed E-state index contributed by atoms with van der Waals surface area (Å²) in [6, 6.07) is 22.9. The van der Waals surface area contributed by atoms with E-state index in [1.54, 1.807) is 12.1 Å². The summed E-state index contributed by atoms with van der Waals surface area (Å²) >= 11 is 0. The molecular weight excluding hydrogens is 314 g/mol. The molecule has 4 aromatic rings. The van der Waals surface area contributed by atoms with Gasteiger partial charge in [-0.1, -0.05) is 48.5 Å². The number of benzene rings is 2. The van der Waals surface area contributed by atoms with Gasteiger partial charge in [-0.15, -0.1) is 0 Å². The summed E-state index contributed by atoms with van der Waals surface area (Å²) in [5.74, 6) is -0.318. The van der Waals surface area contributed by atoms with E-state index in [-0.39, 0.29) is 5.76 Å². The Morgan fingerprint density at radius 1 is 0.920 bits per heavy atom. The van der Waals surface area contributed by atoms with Crippen molar-refractivity contribution in [3.8, 4) is 0 Å². The third-order valence-corrected chi connectivity index (χ3v) is 4.06. The Bertz CT molecular complexity index is 989. The first-order chi connectivity index (χ1) is 12.3. The predicted octanol–water partition coefficient (Wildman–Crippen LogP) is 4.19. The normalized spacial score (nSPS) is 12.0. The molecule has 0 aliphatic rings. The average molecular weight is 330 g/mol. The number of aromatic nitrogens is 1.